The highest BCUT2D eigenvalue weighted by atomic mass is 16.5. The number of rotatable bonds is 5. The van der Waals surface area contributed by atoms with Crippen molar-refractivity contribution >= 4 is 17.3 Å². The summed E-state index contributed by atoms with van der Waals surface area (Å²) in [6, 6.07) is 26.0. The molecule has 0 aliphatic carbocycles. The third kappa shape index (κ3) is 3.97. The van der Waals surface area contributed by atoms with Gasteiger partial charge in [-0.15, -0.1) is 0 Å². The van der Waals surface area contributed by atoms with Crippen LogP contribution in [-0.4, -0.2) is 18.6 Å². The number of carbonyl (C=O) groups excluding carboxylic acids is 1. The van der Waals surface area contributed by atoms with Crippen molar-refractivity contribution in [2.75, 3.05) is 16.8 Å². The molecule has 0 fully saturated rings. The van der Waals surface area contributed by atoms with Crippen LogP contribution in [-0.2, 0) is 0 Å². The van der Waals surface area contributed by atoms with E-state index in [9.17, 15) is 4.79 Å². The Morgan fingerprint density at radius 2 is 1.69 bits per heavy atom. The van der Waals surface area contributed by atoms with Crippen molar-refractivity contribution in [1.29, 1.82) is 0 Å². The van der Waals surface area contributed by atoms with E-state index in [-0.39, 0.29) is 18.0 Å². The van der Waals surface area contributed by atoms with E-state index in [4.69, 9.17) is 4.74 Å². The average molecular weight is 386 g/mol. The number of benzene rings is 3. The van der Waals surface area contributed by atoms with Crippen molar-refractivity contribution in [2.45, 2.75) is 32.4 Å². The first-order chi connectivity index (χ1) is 14.2. The van der Waals surface area contributed by atoms with E-state index in [1.165, 1.54) is 0 Å². The van der Waals surface area contributed by atoms with Crippen LogP contribution in [0.1, 0.15) is 42.2 Å². The van der Waals surface area contributed by atoms with E-state index in [0.29, 0.717) is 12.2 Å². The Balaban J connectivity index is 1.63. The third-order valence-electron chi connectivity index (χ3n) is 5.34. The molecule has 0 bridgehead atoms. The third-order valence-corrected chi connectivity index (χ3v) is 5.34. The minimum atomic E-state index is 0.0196. The summed E-state index contributed by atoms with van der Waals surface area (Å²) >= 11 is 0. The van der Waals surface area contributed by atoms with Crippen LogP contribution in [0.3, 0.4) is 0 Å². The zero-order chi connectivity index (χ0) is 20.2. The molecule has 4 heteroatoms. The Kier molecular flexibility index (Phi) is 5.52. The van der Waals surface area contributed by atoms with Crippen LogP contribution >= 0.6 is 0 Å². The molecule has 29 heavy (non-hydrogen) atoms. The SMILES string of the molecule is CCOc1ccc(C(=O)N2c3ccccc3[C@H](Nc3ccccc3)CC2C)cc1. The number of nitrogens with one attached hydrogen (secondary N) is 1. The van der Waals surface area contributed by atoms with Crippen LogP contribution in [0, 0.1) is 0 Å². The van der Waals surface area contributed by atoms with E-state index in [1.807, 2.05) is 72.5 Å². The fraction of sp³-hybridized carbons (Fsp3) is 0.240. The summed E-state index contributed by atoms with van der Waals surface area (Å²) in [7, 11) is 0. The summed E-state index contributed by atoms with van der Waals surface area (Å²) in [5.41, 5.74) is 3.88. The zero-order valence-electron chi connectivity index (χ0n) is 16.8. The fourth-order valence-corrected chi connectivity index (χ4v) is 3.99. The van der Waals surface area contributed by atoms with Crippen molar-refractivity contribution in [1.82, 2.24) is 0 Å². The normalized spacial score (nSPS) is 18.1. The Morgan fingerprint density at radius 1 is 1.00 bits per heavy atom. The lowest BCUT2D eigenvalue weighted by Crippen LogP contribution is -2.44. The number of hydrogen-bond acceptors (Lipinski definition) is 3. The molecule has 0 spiro atoms. The molecule has 4 nitrogen and oxygen atoms in total. The molecule has 0 saturated carbocycles. The molecular formula is C25H26N2O2. The largest absolute Gasteiger partial charge is 0.494 e. The van der Waals surface area contributed by atoms with Crippen molar-refractivity contribution in [3.8, 4) is 5.75 Å². The molecule has 2 atom stereocenters. The molecule has 1 amide bonds. The Morgan fingerprint density at radius 3 is 2.41 bits per heavy atom. The van der Waals surface area contributed by atoms with Crippen molar-refractivity contribution in [2.24, 2.45) is 0 Å². The smallest absolute Gasteiger partial charge is 0.258 e. The minimum Gasteiger partial charge on any atom is -0.494 e. The summed E-state index contributed by atoms with van der Waals surface area (Å²) in [5.74, 6) is 0.800. The monoisotopic (exact) mass is 386 g/mol. The fourth-order valence-electron chi connectivity index (χ4n) is 3.99. The van der Waals surface area contributed by atoms with Gasteiger partial charge in [0.1, 0.15) is 5.75 Å². The Bertz CT molecular complexity index is 970. The van der Waals surface area contributed by atoms with Crippen LogP contribution in [0.4, 0.5) is 11.4 Å². The first-order valence-corrected chi connectivity index (χ1v) is 10.1. The molecule has 1 N–H and O–H groups in total. The molecule has 1 unspecified atom stereocenters. The van der Waals surface area contributed by atoms with Crippen LogP contribution in [0.5, 0.6) is 5.75 Å². The van der Waals surface area contributed by atoms with Crippen LogP contribution < -0.4 is 15.0 Å². The lowest BCUT2D eigenvalue weighted by atomic mass is 9.90. The topological polar surface area (TPSA) is 41.6 Å². The van der Waals surface area contributed by atoms with Gasteiger partial charge in [0, 0.05) is 23.0 Å². The van der Waals surface area contributed by atoms with Crippen molar-refractivity contribution < 1.29 is 9.53 Å². The van der Waals surface area contributed by atoms with Gasteiger partial charge in [-0.1, -0.05) is 36.4 Å². The predicted octanol–water partition coefficient (Wildman–Crippen LogP) is 5.68. The van der Waals surface area contributed by atoms with Gasteiger partial charge in [0.2, 0.25) is 0 Å². The molecule has 3 aromatic carbocycles. The van der Waals surface area contributed by atoms with E-state index >= 15 is 0 Å². The highest BCUT2D eigenvalue weighted by Crippen LogP contribution is 2.39. The number of ether oxygens (including phenoxy) is 1. The number of carbonyl (C=O) groups is 1. The summed E-state index contributed by atoms with van der Waals surface area (Å²) in [5, 5.41) is 3.63. The number of hydrogen-bond donors (Lipinski definition) is 1. The van der Waals surface area contributed by atoms with Crippen LogP contribution in [0.15, 0.2) is 78.9 Å². The van der Waals surface area contributed by atoms with E-state index in [0.717, 1.165) is 29.1 Å². The molecule has 0 saturated heterocycles. The summed E-state index contributed by atoms with van der Waals surface area (Å²) < 4.78 is 5.50. The number of nitrogens with zero attached hydrogens (tertiary/aromatic N) is 1. The van der Waals surface area contributed by atoms with E-state index in [2.05, 4.69) is 30.4 Å². The molecule has 0 radical (unpaired) electrons. The molecule has 1 heterocycles. The second-order valence-electron chi connectivity index (χ2n) is 7.34. The number of fused-ring (bicyclic) bond motifs is 1. The van der Waals surface area contributed by atoms with Crippen LogP contribution in [0.25, 0.3) is 0 Å². The van der Waals surface area contributed by atoms with Gasteiger partial charge in [0.25, 0.3) is 5.91 Å². The molecule has 148 valence electrons. The zero-order valence-corrected chi connectivity index (χ0v) is 16.8. The van der Waals surface area contributed by atoms with Gasteiger partial charge >= 0.3 is 0 Å². The summed E-state index contributed by atoms with van der Waals surface area (Å²) in [6.07, 6.45) is 0.842. The second-order valence-corrected chi connectivity index (χ2v) is 7.34. The molecule has 1 aliphatic rings. The highest BCUT2D eigenvalue weighted by Gasteiger charge is 2.34. The molecule has 3 aromatic rings. The Hall–Kier alpha value is -3.27. The molecular weight excluding hydrogens is 360 g/mol. The standard InChI is InChI=1S/C25H26N2O2/c1-3-29-21-15-13-19(14-16-21)25(28)27-18(2)17-23(22-11-7-8-12-24(22)27)26-20-9-5-4-6-10-20/h4-16,18,23,26H,3,17H2,1-2H3/t18?,23-/m1/s1. The molecule has 0 aromatic heterocycles. The van der Waals surface area contributed by atoms with Gasteiger partial charge < -0.3 is 15.0 Å². The maximum absolute atomic E-state index is 13.4. The van der Waals surface area contributed by atoms with E-state index in [1.54, 1.807) is 0 Å². The number of amides is 1. The second kappa shape index (κ2) is 8.39. The first kappa shape index (κ1) is 19.1. The minimum absolute atomic E-state index is 0.0196. The number of anilines is 2. The van der Waals surface area contributed by atoms with Crippen LogP contribution in [0.2, 0.25) is 0 Å². The predicted molar refractivity (Wildman–Crippen MR) is 118 cm³/mol. The lowest BCUT2D eigenvalue weighted by molar-refractivity contribution is 0.0974. The maximum atomic E-state index is 13.4. The van der Waals surface area contributed by atoms with E-state index < -0.39 is 0 Å². The van der Waals surface area contributed by atoms with Crippen molar-refractivity contribution in [3.63, 3.8) is 0 Å². The summed E-state index contributed by atoms with van der Waals surface area (Å²) in [6.45, 7) is 4.67. The number of para-hydroxylation sites is 2. The van der Waals surface area contributed by atoms with Gasteiger partial charge in [-0.25, -0.2) is 0 Å². The van der Waals surface area contributed by atoms with Gasteiger partial charge in [-0.2, -0.15) is 0 Å². The molecule has 1 aliphatic heterocycles. The van der Waals surface area contributed by atoms with Crippen molar-refractivity contribution in [3.05, 3.63) is 90.0 Å². The van der Waals surface area contributed by atoms with Gasteiger partial charge in [0.15, 0.2) is 0 Å². The van der Waals surface area contributed by atoms with Gasteiger partial charge in [-0.05, 0) is 68.3 Å². The first-order valence-electron chi connectivity index (χ1n) is 10.1. The summed E-state index contributed by atoms with van der Waals surface area (Å²) in [4.78, 5) is 15.3. The maximum Gasteiger partial charge on any atom is 0.258 e. The quantitative estimate of drug-likeness (QED) is 0.613. The van der Waals surface area contributed by atoms with Gasteiger partial charge in [0.05, 0.1) is 12.6 Å². The molecule has 4 rings (SSSR count). The van der Waals surface area contributed by atoms with Gasteiger partial charge in [-0.3, -0.25) is 4.79 Å². The lowest BCUT2D eigenvalue weighted by Gasteiger charge is -2.40. The Labute approximate surface area is 172 Å². The average Bonchev–Trinajstić information content (AvgIpc) is 2.75. The highest BCUT2D eigenvalue weighted by molar-refractivity contribution is 6.07.